The summed E-state index contributed by atoms with van der Waals surface area (Å²) in [6.45, 7) is 3.31. The second-order valence-corrected chi connectivity index (χ2v) is 6.05. The molecule has 1 fully saturated rings. The van der Waals surface area contributed by atoms with Crippen molar-refractivity contribution in [3.8, 4) is 0 Å². The lowest BCUT2D eigenvalue weighted by atomic mass is 9.99. The molecular weight excluding hydrogens is 313 g/mol. The summed E-state index contributed by atoms with van der Waals surface area (Å²) in [4.78, 5) is 25.7. The van der Waals surface area contributed by atoms with Gasteiger partial charge in [0.25, 0.3) is 5.91 Å². The summed E-state index contributed by atoms with van der Waals surface area (Å²) in [7, 11) is 0. The fourth-order valence-electron chi connectivity index (χ4n) is 2.24. The second kappa shape index (κ2) is 7.14. The predicted octanol–water partition coefficient (Wildman–Crippen LogP) is 3.41. The number of hydrogen-bond acceptors (Lipinski definition) is 3. The molecule has 1 aromatic rings. The maximum absolute atomic E-state index is 12.0. The molecule has 0 unspecified atom stereocenters. The lowest BCUT2D eigenvalue weighted by molar-refractivity contribution is -0.135. The van der Waals surface area contributed by atoms with Crippen LogP contribution in [0.4, 0.5) is 0 Å². The third kappa shape index (κ3) is 4.11. The van der Waals surface area contributed by atoms with Gasteiger partial charge in [-0.2, -0.15) is 0 Å². The van der Waals surface area contributed by atoms with Crippen molar-refractivity contribution in [2.24, 2.45) is 5.92 Å². The maximum Gasteiger partial charge on any atom is 0.341 e. The van der Waals surface area contributed by atoms with Crippen LogP contribution in [0.2, 0.25) is 10.0 Å². The van der Waals surface area contributed by atoms with Crippen molar-refractivity contribution in [2.75, 3.05) is 19.7 Å². The van der Waals surface area contributed by atoms with Gasteiger partial charge in [-0.3, -0.25) is 4.79 Å². The Labute approximate surface area is 134 Å². The van der Waals surface area contributed by atoms with Crippen molar-refractivity contribution in [3.05, 3.63) is 33.8 Å². The molecule has 0 bridgehead atoms. The SMILES string of the molecule is CC1CCN(C(=O)COC(=O)c2c(Cl)cccc2Cl)CC1. The highest BCUT2D eigenvalue weighted by Crippen LogP contribution is 2.25. The second-order valence-electron chi connectivity index (χ2n) is 5.24. The topological polar surface area (TPSA) is 46.6 Å². The molecule has 114 valence electrons. The van der Waals surface area contributed by atoms with Crippen molar-refractivity contribution in [1.82, 2.24) is 4.90 Å². The lowest BCUT2D eigenvalue weighted by Crippen LogP contribution is -2.40. The van der Waals surface area contributed by atoms with Crippen molar-refractivity contribution in [2.45, 2.75) is 19.8 Å². The Hall–Kier alpha value is -1.26. The first-order valence-corrected chi connectivity index (χ1v) is 7.63. The Morgan fingerprint density at radius 1 is 1.24 bits per heavy atom. The molecule has 0 saturated carbocycles. The predicted molar refractivity (Wildman–Crippen MR) is 81.7 cm³/mol. The van der Waals surface area contributed by atoms with Crippen LogP contribution >= 0.6 is 23.2 Å². The van der Waals surface area contributed by atoms with Gasteiger partial charge in [0.1, 0.15) is 0 Å². The number of carbonyl (C=O) groups excluding carboxylic acids is 2. The van der Waals surface area contributed by atoms with E-state index in [1.54, 1.807) is 23.1 Å². The fraction of sp³-hybridized carbons (Fsp3) is 0.467. The van der Waals surface area contributed by atoms with Crippen LogP contribution in [-0.4, -0.2) is 36.5 Å². The molecule has 0 radical (unpaired) electrons. The number of amides is 1. The van der Waals surface area contributed by atoms with Gasteiger partial charge in [-0.1, -0.05) is 36.2 Å². The highest BCUT2D eigenvalue weighted by molar-refractivity contribution is 6.39. The summed E-state index contributed by atoms with van der Waals surface area (Å²) >= 11 is 11.8. The van der Waals surface area contributed by atoms with Crippen LogP contribution in [-0.2, 0) is 9.53 Å². The van der Waals surface area contributed by atoms with E-state index >= 15 is 0 Å². The summed E-state index contributed by atoms with van der Waals surface area (Å²) in [6.07, 6.45) is 1.96. The number of carbonyl (C=O) groups is 2. The zero-order chi connectivity index (χ0) is 15.4. The molecule has 0 spiro atoms. The number of benzene rings is 1. The molecule has 4 nitrogen and oxygen atoms in total. The molecule has 21 heavy (non-hydrogen) atoms. The Kier molecular flexibility index (Phi) is 5.48. The Balaban J connectivity index is 1.91. The van der Waals surface area contributed by atoms with Crippen LogP contribution in [0.3, 0.4) is 0 Å². The summed E-state index contributed by atoms with van der Waals surface area (Å²) in [5.74, 6) is -0.221. The molecule has 0 aliphatic carbocycles. The van der Waals surface area contributed by atoms with E-state index < -0.39 is 5.97 Å². The number of rotatable bonds is 3. The van der Waals surface area contributed by atoms with E-state index in [1.165, 1.54) is 0 Å². The number of halogens is 2. The number of nitrogens with zero attached hydrogens (tertiary/aromatic N) is 1. The zero-order valence-electron chi connectivity index (χ0n) is 11.8. The van der Waals surface area contributed by atoms with Gasteiger partial charge in [-0.05, 0) is 30.9 Å². The van der Waals surface area contributed by atoms with Gasteiger partial charge >= 0.3 is 5.97 Å². The maximum atomic E-state index is 12.0. The zero-order valence-corrected chi connectivity index (χ0v) is 13.3. The summed E-state index contributed by atoms with van der Waals surface area (Å²) in [5.41, 5.74) is 0.0981. The first kappa shape index (κ1) is 16.1. The van der Waals surface area contributed by atoms with Crippen molar-refractivity contribution < 1.29 is 14.3 Å². The number of piperidine rings is 1. The molecule has 1 aliphatic rings. The number of esters is 1. The van der Waals surface area contributed by atoms with Crippen LogP contribution < -0.4 is 0 Å². The molecule has 0 atom stereocenters. The van der Waals surface area contributed by atoms with E-state index in [2.05, 4.69) is 6.92 Å². The van der Waals surface area contributed by atoms with Gasteiger partial charge in [0.2, 0.25) is 0 Å². The van der Waals surface area contributed by atoms with Gasteiger partial charge in [0.05, 0.1) is 15.6 Å². The van der Waals surface area contributed by atoms with Gasteiger partial charge < -0.3 is 9.64 Å². The molecule has 1 aromatic carbocycles. The molecule has 1 amide bonds. The highest BCUT2D eigenvalue weighted by Gasteiger charge is 2.22. The largest absolute Gasteiger partial charge is 0.452 e. The van der Waals surface area contributed by atoms with E-state index in [1.807, 2.05) is 0 Å². The Morgan fingerprint density at radius 3 is 2.38 bits per heavy atom. The normalized spacial score (nSPS) is 15.9. The van der Waals surface area contributed by atoms with Crippen molar-refractivity contribution in [3.63, 3.8) is 0 Å². The summed E-state index contributed by atoms with van der Waals surface area (Å²) < 4.78 is 5.03. The van der Waals surface area contributed by atoms with Crippen LogP contribution in [0, 0.1) is 5.92 Å². The minimum Gasteiger partial charge on any atom is -0.452 e. The summed E-state index contributed by atoms with van der Waals surface area (Å²) in [6, 6.07) is 4.75. The van der Waals surface area contributed by atoms with E-state index in [0.717, 1.165) is 12.8 Å². The van der Waals surface area contributed by atoms with E-state index in [4.69, 9.17) is 27.9 Å². The van der Waals surface area contributed by atoms with E-state index in [-0.39, 0.29) is 28.1 Å². The molecular formula is C15H17Cl2NO3. The van der Waals surface area contributed by atoms with E-state index in [9.17, 15) is 9.59 Å². The third-order valence-corrected chi connectivity index (χ3v) is 4.26. The molecule has 2 rings (SSSR count). The quantitative estimate of drug-likeness (QED) is 0.798. The Morgan fingerprint density at radius 2 is 1.81 bits per heavy atom. The number of ether oxygens (including phenoxy) is 1. The molecule has 6 heteroatoms. The van der Waals surface area contributed by atoms with Crippen molar-refractivity contribution in [1.29, 1.82) is 0 Å². The van der Waals surface area contributed by atoms with E-state index in [0.29, 0.717) is 19.0 Å². The minimum absolute atomic E-state index is 0.0981. The van der Waals surface area contributed by atoms with Gasteiger partial charge in [-0.25, -0.2) is 4.79 Å². The third-order valence-electron chi connectivity index (χ3n) is 3.63. The Bertz CT molecular complexity index is 519. The van der Waals surface area contributed by atoms with Gasteiger partial charge in [-0.15, -0.1) is 0 Å². The van der Waals surface area contributed by atoms with Gasteiger partial charge in [0.15, 0.2) is 6.61 Å². The molecule has 0 N–H and O–H groups in total. The van der Waals surface area contributed by atoms with Crippen LogP contribution in [0.15, 0.2) is 18.2 Å². The average molecular weight is 330 g/mol. The lowest BCUT2D eigenvalue weighted by Gasteiger charge is -2.30. The monoisotopic (exact) mass is 329 g/mol. The highest BCUT2D eigenvalue weighted by atomic mass is 35.5. The average Bonchev–Trinajstić information content (AvgIpc) is 2.45. The molecule has 1 aliphatic heterocycles. The molecule has 1 saturated heterocycles. The molecule has 1 heterocycles. The summed E-state index contributed by atoms with van der Waals surface area (Å²) in [5, 5.41) is 0.429. The standard InChI is InChI=1S/C15H17Cl2NO3/c1-10-5-7-18(8-6-10)13(19)9-21-15(20)14-11(16)3-2-4-12(14)17/h2-4,10H,5-9H2,1H3. The molecule has 0 aromatic heterocycles. The number of hydrogen-bond donors (Lipinski definition) is 0. The smallest absolute Gasteiger partial charge is 0.341 e. The number of likely N-dealkylation sites (tertiary alicyclic amines) is 1. The van der Waals surface area contributed by atoms with Crippen LogP contribution in [0.5, 0.6) is 0 Å². The first-order valence-electron chi connectivity index (χ1n) is 6.88. The van der Waals surface area contributed by atoms with Crippen molar-refractivity contribution >= 4 is 35.1 Å². The fourth-order valence-corrected chi connectivity index (χ4v) is 2.79. The van der Waals surface area contributed by atoms with Gasteiger partial charge in [0, 0.05) is 13.1 Å². The minimum atomic E-state index is -0.677. The van der Waals surface area contributed by atoms with Crippen LogP contribution in [0.1, 0.15) is 30.1 Å². The van der Waals surface area contributed by atoms with Crippen LogP contribution in [0.25, 0.3) is 0 Å². The first-order chi connectivity index (χ1) is 9.99.